The van der Waals surface area contributed by atoms with Crippen molar-refractivity contribution in [2.75, 3.05) is 13.3 Å². The molecule has 162 valence electrons. The summed E-state index contributed by atoms with van der Waals surface area (Å²) >= 11 is 0. The minimum atomic E-state index is -8.23. The average molecular weight is 440 g/mol. The molecule has 0 aromatic heterocycles. The van der Waals surface area contributed by atoms with Gasteiger partial charge in [-0.2, -0.15) is 61.5 Å². The molecule has 0 radical (unpaired) electrons. The highest BCUT2D eigenvalue weighted by atomic mass is 19.4. The van der Waals surface area contributed by atoms with Crippen LogP contribution >= 0.6 is 0 Å². The van der Waals surface area contributed by atoms with E-state index in [0.717, 1.165) is 0 Å². The van der Waals surface area contributed by atoms with E-state index in [1.807, 2.05) is 0 Å². The molecule has 27 heavy (non-hydrogen) atoms. The average Bonchev–Trinajstić information content (AvgIpc) is 2.51. The first kappa shape index (κ1) is 25.6. The van der Waals surface area contributed by atoms with Crippen molar-refractivity contribution in [2.24, 2.45) is 0 Å². The fourth-order valence-corrected chi connectivity index (χ4v) is 1.34. The zero-order valence-electron chi connectivity index (χ0n) is 12.3. The van der Waals surface area contributed by atoms with E-state index in [9.17, 15) is 65.9 Å². The third kappa shape index (κ3) is 3.44. The molecule has 0 atom stereocenters. The van der Waals surface area contributed by atoms with Crippen molar-refractivity contribution in [1.82, 2.24) is 0 Å². The van der Waals surface area contributed by atoms with Crippen LogP contribution in [0.15, 0.2) is 12.7 Å². The Bertz CT molecular complexity index is 538. The molecule has 0 aromatic carbocycles. The van der Waals surface area contributed by atoms with Crippen LogP contribution in [0.25, 0.3) is 0 Å². The summed E-state index contributed by atoms with van der Waals surface area (Å²) in [5.74, 6) is -46.5. The van der Waals surface area contributed by atoms with Gasteiger partial charge in [-0.3, -0.25) is 0 Å². The summed E-state index contributed by atoms with van der Waals surface area (Å²) in [6.45, 7) is -2.94. The lowest BCUT2D eigenvalue weighted by atomic mass is 9.91. The van der Waals surface area contributed by atoms with Gasteiger partial charge in [-0.05, 0) is 0 Å². The molecule has 0 N–H and O–H groups in total. The van der Waals surface area contributed by atoms with Gasteiger partial charge >= 0.3 is 41.6 Å². The highest BCUT2D eigenvalue weighted by Crippen LogP contribution is 2.62. The SMILES string of the molecule is C=CCOC(F)(F)C(F)(F)C(F)(F)C(F)(F)C(F)(F)C(F)(F)C(F)(F)CF. The second kappa shape index (κ2) is 6.92. The number of ether oxygens (including phenoxy) is 1. The quantitative estimate of drug-likeness (QED) is 0.319. The van der Waals surface area contributed by atoms with Gasteiger partial charge in [0.2, 0.25) is 0 Å². The number of hydrogen-bond acceptors (Lipinski definition) is 1. The Hall–Kier alpha value is -1.35. The summed E-state index contributed by atoms with van der Waals surface area (Å²) in [7, 11) is 0. The van der Waals surface area contributed by atoms with E-state index < -0.39 is 54.9 Å². The molecule has 0 bridgehead atoms. The van der Waals surface area contributed by atoms with Gasteiger partial charge in [0, 0.05) is 0 Å². The van der Waals surface area contributed by atoms with Gasteiger partial charge in [0.1, 0.15) is 0 Å². The van der Waals surface area contributed by atoms with Crippen molar-refractivity contribution in [3.05, 3.63) is 12.7 Å². The maximum Gasteiger partial charge on any atom is 0.426 e. The molecule has 0 aliphatic rings. The van der Waals surface area contributed by atoms with Crippen LogP contribution in [-0.4, -0.2) is 54.9 Å². The Balaban J connectivity index is 6.42. The van der Waals surface area contributed by atoms with E-state index in [4.69, 9.17) is 0 Å². The van der Waals surface area contributed by atoms with E-state index in [0.29, 0.717) is 0 Å². The van der Waals surface area contributed by atoms with Crippen molar-refractivity contribution in [2.45, 2.75) is 41.6 Å². The molecule has 0 aromatic rings. The normalized spacial score (nSPS) is 15.8. The fraction of sp³-hybridized carbons (Fsp3) is 0.818. The second-order valence-electron chi connectivity index (χ2n) is 4.83. The predicted octanol–water partition coefficient (Wildman–Crippen LogP) is 5.56. The van der Waals surface area contributed by atoms with Crippen LogP contribution < -0.4 is 0 Å². The second-order valence-corrected chi connectivity index (χ2v) is 4.83. The summed E-state index contributed by atoms with van der Waals surface area (Å²) in [6.07, 6.45) is -6.47. The summed E-state index contributed by atoms with van der Waals surface area (Å²) < 4.78 is 196. The summed E-state index contributed by atoms with van der Waals surface area (Å²) in [5.41, 5.74) is 0. The van der Waals surface area contributed by atoms with E-state index in [1.54, 1.807) is 0 Å². The van der Waals surface area contributed by atoms with Crippen LogP contribution in [0, 0.1) is 0 Å². The molecule has 0 saturated carbocycles. The lowest BCUT2D eigenvalue weighted by Gasteiger charge is -2.41. The minimum Gasteiger partial charge on any atom is -0.311 e. The smallest absolute Gasteiger partial charge is 0.311 e. The zero-order valence-corrected chi connectivity index (χ0v) is 12.3. The predicted molar refractivity (Wildman–Crippen MR) is 56.8 cm³/mol. The maximum atomic E-state index is 13.2. The van der Waals surface area contributed by atoms with Gasteiger partial charge in [0.25, 0.3) is 0 Å². The molecule has 0 amide bonds. The highest BCUT2D eigenvalue weighted by Gasteiger charge is 2.93. The monoisotopic (exact) mass is 440 g/mol. The topological polar surface area (TPSA) is 9.23 Å². The summed E-state index contributed by atoms with van der Waals surface area (Å²) in [4.78, 5) is 0. The molecular weight excluding hydrogens is 433 g/mol. The van der Waals surface area contributed by atoms with Gasteiger partial charge in [-0.15, -0.1) is 6.58 Å². The van der Waals surface area contributed by atoms with Crippen molar-refractivity contribution in [3.63, 3.8) is 0 Å². The Morgan fingerprint density at radius 3 is 1.26 bits per heavy atom. The molecule has 0 aliphatic heterocycles. The third-order valence-electron chi connectivity index (χ3n) is 2.95. The molecule has 16 heteroatoms. The van der Waals surface area contributed by atoms with Gasteiger partial charge in [-0.1, -0.05) is 6.08 Å². The molecule has 0 fully saturated rings. The molecule has 0 aliphatic carbocycles. The Kier molecular flexibility index (Phi) is 6.57. The van der Waals surface area contributed by atoms with E-state index in [1.165, 1.54) is 0 Å². The first-order valence-electron chi connectivity index (χ1n) is 6.08. The number of hydrogen-bond donors (Lipinski definition) is 0. The largest absolute Gasteiger partial charge is 0.426 e. The first-order chi connectivity index (χ1) is 11.6. The Morgan fingerprint density at radius 1 is 0.593 bits per heavy atom. The third-order valence-corrected chi connectivity index (χ3v) is 2.95. The minimum absolute atomic E-state index is 0.199. The van der Waals surface area contributed by atoms with Crippen molar-refractivity contribution in [3.8, 4) is 0 Å². The molecule has 0 spiro atoms. The standard InChI is InChI=1S/C11H7F15O/c1-2-3-27-11(25,26)10(23,24)9(21,22)8(19,20)7(17,18)6(15,16)5(13,14)4-12/h2H,1,3-4H2. The van der Waals surface area contributed by atoms with Gasteiger partial charge in [-0.25, -0.2) is 4.39 Å². The molecule has 0 unspecified atom stereocenters. The van der Waals surface area contributed by atoms with Crippen LogP contribution in [-0.2, 0) is 4.74 Å². The van der Waals surface area contributed by atoms with Crippen molar-refractivity contribution < 1.29 is 70.6 Å². The summed E-state index contributed by atoms with van der Waals surface area (Å²) in [5, 5.41) is 0. The van der Waals surface area contributed by atoms with E-state index in [-0.39, 0.29) is 6.08 Å². The zero-order chi connectivity index (χ0) is 22.3. The highest BCUT2D eigenvalue weighted by molar-refractivity contribution is 5.13. The van der Waals surface area contributed by atoms with E-state index in [2.05, 4.69) is 11.3 Å². The van der Waals surface area contributed by atoms with Gasteiger partial charge in [0.15, 0.2) is 6.67 Å². The maximum absolute atomic E-state index is 13.2. The van der Waals surface area contributed by atoms with Crippen molar-refractivity contribution in [1.29, 1.82) is 0 Å². The van der Waals surface area contributed by atoms with Crippen LogP contribution in [0.1, 0.15) is 0 Å². The first-order valence-corrected chi connectivity index (χ1v) is 6.08. The Morgan fingerprint density at radius 2 is 0.926 bits per heavy atom. The lowest BCUT2D eigenvalue weighted by Crippen LogP contribution is -2.73. The fourth-order valence-electron chi connectivity index (χ4n) is 1.34. The van der Waals surface area contributed by atoms with Crippen LogP contribution in [0.4, 0.5) is 65.9 Å². The molecule has 0 heterocycles. The lowest BCUT2D eigenvalue weighted by molar-refractivity contribution is -0.465. The molecule has 1 nitrogen and oxygen atoms in total. The van der Waals surface area contributed by atoms with Crippen LogP contribution in [0.3, 0.4) is 0 Å². The van der Waals surface area contributed by atoms with E-state index >= 15 is 0 Å². The van der Waals surface area contributed by atoms with Gasteiger partial charge < -0.3 is 4.74 Å². The number of halogens is 15. The van der Waals surface area contributed by atoms with Gasteiger partial charge in [0.05, 0.1) is 6.61 Å². The number of rotatable bonds is 10. The molecular formula is C11H7F15O. The van der Waals surface area contributed by atoms with Crippen molar-refractivity contribution >= 4 is 0 Å². The van der Waals surface area contributed by atoms with Crippen LogP contribution in [0.2, 0.25) is 0 Å². The molecule has 0 saturated heterocycles. The molecule has 0 rings (SSSR count). The Labute approximate surface area is 139 Å². The number of alkyl halides is 15. The summed E-state index contributed by atoms with van der Waals surface area (Å²) in [6, 6.07) is 0. The van der Waals surface area contributed by atoms with Crippen LogP contribution in [0.5, 0.6) is 0 Å².